The average Bonchev–Trinajstić information content (AvgIpc) is 3.05. The van der Waals surface area contributed by atoms with Gasteiger partial charge in [-0.2, -0.15) is 11.8 Å². The van der Waals surface area contributed by atoms with E-state index in [1.54, 1.807) is 30.3 Å². The van der Waals surface area contributed by atoms with Crippen LogP contribution in [0.1, 0.15) is 16.3 Å². The number of benzene rings is 1. The van der Waals surface area contributed by atoms with Crippen LogP contribution >= 0.6 is 35.0 Å². The van der Waals surface area contributed by atoms with Gasteiger partial charge < -0.3 is 14.1 Å². The lowest BCUT2D eigenvalue weighted by Gasteiger charge is -2.25. The molecule has 1 saturated heterocycles. The van der Waals surface area contributed by atoms with Crippen molar-refractivity contribution >= 4 is 40.9 Å². The van der Waals surface area contributed by atoms with Crippen LogP contribution in [0.3, 0.4) is 0 Å². The summed E-state index contributed by atoms with van der Waals surface area (Å²) in [5.74, 6) is 3.25. The van der Waals surface area contributed by atoms with Crippen LogP contribution in [0.25, 0.3) is 0 Å². The third-order valence-electron chi connectivity index (χ3n) is 3.43. The molecule has 0 spiro atoms. The first-order valence-corrected chi connectivity index (χ1v) is 9.08. The Labute approximate surface area is 148 Å². The van der Waals surface area contributed by atoms with Crippen molar-refractivity contribution in [3.05, 3.63) is 51.9 Å². The van der Waals surface area contributed by atoms with Gasteiger partial charge in [-0.3, -0.25) is 4.79 Å². The van der Waals surface area contributed by atoms with Crippen molar-refractivity contribution in [3.8, 4) is 5.75 Å². The molecule has 1 aromatic heterocycles. The highest BCUT2D eigenvalue weighted by molar-refractivity contribution is 7.99. The minimum atomic E-state index is -0.0719. The Morgan fingerprint density at radius 2 is 2.00 bits per heavy atom. The summed E-state index contributed by atoms with van der Waals surface area (Å²) in [5, 5.41) is 1.02. The van der Waals surface area contributed by atoms with Gasteiger partial charge in [0.05, 0.1) is 5.02 Å². The Bertz CT molecular complexity index is 698. The SMILES string of the molecule is O=C(c1ccc(COc2cc(Cl)ccc2Cl)o1)N1CCSCC1. The molecule has 1 aromatic carbocycles. The quantitative estimate of drug-likeness (QED) is 0.800. The largest absolute Gasteiger partial charge is 0.484 e. The maximum absolute atomic E-state index is 12.3. The number of ether oxygens (including phenoxy) is 1. The average molecular weight is 372 g/mol. The summed E-state index contributed by atoms with van der Waals surface area (Å²) in [6.45, 7) is 1.70. The van der Waals surface area contributed by atoms with Crippen LogP contribution < -0.4 is 4.74 Å². The Morgan fingerprint density at radius 3 is 2.78 bits per heavy atom. The zero-order valence-electron chi connectivity index (χ0n) is 12.3. The van der Waals surface area contributed by atoms with Gasteiger partial charge in [0.15, 0.2) is 5.76 Å². The van der Waals surface area contributed by atoms with Crippen LogP contribution in [-0.4, -0.2) is 35.4 Å². The number of thioether (sulfide) groups is 1. The maximum atomic E-state index is 12.3. The molecule has 1 fully saturated rings. The standard InChI is InChI=1S/C16H15Cl2NO3S/c17-11-1-3-13(18)15(9-11)21-10-12-2-4-14(22-12)16(20)19-5-7-23-8-6-19/h1-4,9H,5-8,10H2. The molecule has 1 aliphatic heterocycles. The lowest BCUT2D eigenvalue weighted by Crippen LogP contribution is -2.37. The van der Waals surface area contributed by atoms with Crippen molar-refractivity contribution in [3.63, 3.8) is 0 Å². The minimum absolute atomic E-state index is 0.0719. The highest BCUT2D eigenvalue weighted by Gasteiger charge is 2.21. The number of hydrogen-bond donors (Lipinski definition) is 0. The molecule has 2 aromatic rings. The van der Waals surface area contributed by atoms with Gasteiger partial charge in [-0.15, -0.1) is 0 Å². The molecule has 7 heteroatoms. The van der Waals surface area contributed by atoms with Gasteiger partial charge in [-0.05, 0) is 24.3 Å². The van der Waals surface area contributed by atoms with Gasteiger partial charge in [0, 0.05) is 35.7 Å². The number of halogens is 2. The van der Waals surface area contributed by atoms with E-state index in [0.29, 0.717) is 27.3 Å². The Hall–Kier alpha value is -1.30. The maximum Gasteiger partial charge on any atom is 0.289 e. The number of nitrogens with zero attached hydrogens (tertiary/aromatic N) is 1. The first-order chi connectivity index (χ1) is 11.1. The number of carbonyl (C=O) groups excluding carboxylic acids is 1. The Morgan fingerprint density at radius 1 is 1.22 bits per heavy atom. The van der Waals surface area contributed by atoms with Crippen LogP contribution in [-0.2, 0) is 6.61 Å². The molecule has 0 unspecified atom stereocenters. The van der Waals surface area contributed by atoms with E-state index in [0.717, 1.165) is 24.6 Å². The zero-order valence-corrected chi connectivity index (χ0v) is 14.6. The third-order valence-corrected chi connectivity index (χ3v) is 4.92. The lowest BCUT2D eigenvalue weighted by atomic mass is 10.3. The number of furan rings is 1. The van der Waals surface area contributed by atoms with Crippen molar-refractivity contribution in [1.82, 2.24) is 4.90 Å². The fourth-order valence-corrected chi connectivity index (χ4v) is 3.47. The van der Waals surface area contributed by atoms with Crippen LogP contribution in [0.5, 0.6) is 5.75 Å². The number of hydrogen-bond acceptors (Lipinski definition) is 4. The Balaban J connectivity index is 1.63. The van der Waals surface area contributed by atoms with Gasteiger partial charge in [-0.25, -0.2) is 0 Å². The van der Waals surface area contributed by atoms with E-state index in [2.05, 4.69) is 0 Å². The van der Waals surface area contributed by atoms with Crippen LogP contribution in [0, 0.1) is 0 Å². The highest BCUT2D eigenvalue weighted by Crippen LogP contribution is 2.28. The van der Waals surface area contributed by atoms with Gasteiger partial charge in [0.25, 0.3) is 5.91 Å². The van der Waals surface area contributed by atoms with Crippen LogP contribution in [0.2, 0.25) is 10.0 Å². The molecule has 0 bridgehead atoms. The molecule has 0 radical (unpaired) electrons. The normalized spacial score (nSPS) is 14.8. The fourth-order valence-electron chi connectivity index (χ4n) is 2.23. The molecule has 2 heterocycles. The highest BCUT2D eigenvalue weighted by atomic mass is 35.5. The minimum Gasteiger partial charge on any atom is -0.484 e. The molecule has 0 saturated carbocycles. The van der Waals surface area contributed by atoms with Crippen LogP contribution in [0.15, 0.2) is 34.7 Å². The molecule has 1 amide bonds. The molecule has 3 rings (SSSR count). The zero-order chi connectivity index (χ0) is 16.2. The molecule has 0 N–H and O–H groups in total. The lowest BCUT2D eigenvalue weighted by molar-refractivity contribution is 0.0736. The van der Waals surface area contributed by atoms with Crippen molar-refractivity contribution in [2.45, 2.75) is 6.61 Å². The van der Waals surface area contributed by atoms with Crippen molar-refractivity contribution in [1.29, 1.82) is 0 Å². The second-order valence-corrected chi connectivity index (χ2v) is 7.10. The summed E-state index contributed by atoms with van der Waals surface area (Å²) in [7, 11) is 0. The molecular formula is C16H15Cl2NO3S. The van der Waals surface area contributed by atoms with E-state index in [1.807, 2.05) is 16.7 Å². The van der Waals surface area contributed by atoms with Gasteiger partial charge >= 0.3 is 0 Å². The predicted octanol–water partition coefficient (Wildman–Crippen LogP) is 4.35. The van der Waals surface area contributed by atoms with Gasteiger partial charge in [-0.1, -0.05) is 23.2 Å². The molecule has 4 nitrogen and oxygen atoms in total. The van der Waals surface area contributed by atoms with E-state index >= 15 is 0 Å². The van der Waals surface area contributed by atoms with E-state index in [-0.39, 0.29) is 12.5 Å². The van der Waals surface area contributed by atoms with Crippen molar-refractivity contribution in [2.75, 3.05) is 24.6 Å². The van der Waals surface area contributed by atoms with Crippen molar-refractivity contribution < 1.29 is 13.9 Å². The summed E-state index contributed by atoms with van der Waals surface area (Å²) < 4.78 is 11.2. The Kier molecular flexibility index (Phi) is 5.41. The fraction of sp³-hybridized carbons (Fsp3) is 0.312. The number of carbonyl (C=O) groups is 1. The predicted molar refractivity (Wildman–Crippen MR) is 92.7 cm³/mol. The monoisotopic (exact) mass is 371 g/mol. The molecular weight excluding hydrogens is 357 g/mol. The smallest absolute Gasteiger partial charge is 0.289 e. The molecule has 1 aliphatic rings. The van der Waals surface area contributed by atoms with E-state index in [1.165, 1.54) is 0 Å². The third kappa shape index (κ3) is 4.16. The van der Waals surface area contributed by atoms with Crippen molar-refractivity contribution in [2.24, 2.45) is 0 Å². The van der Waals surface area contributed by atoms with Gasteiger partial charge in [0.1, 0.15) is 18.1 Å². The van der Waals surface area contributed by atoms with Gasteiger partial charge in [0.2, 0.25) is 0 Å². The number of rotatable bonds is 4. The summed E-state index contributed by atoms with van der Waals surface area (Å²) in [4.78, 5) is 14.1. The second kappa shape index (κ2) is 7.51. The topological polar surface area (TPSA) is 42.7 Å². The molecule has 122 valence electrons. The van der Waals surface area contributed by atoms with E-state index in [4.69, 9.17) is 32.4 Å². The molecule has 0 atom stereocenters. The first kappa shape index (κ1) is 16.6. The van der Waals surface area contributed by atoms with E-state index in [9.17, 15) is 4.79 Å². The summed E-state index contributed by atoms with van der Waals surface area (Å²) in [6, 6.07) is 8.43. The van der Waals surface area contributed by atoms with Crippen LogP contribution in [0.4, 0.5) is 0 Å². The second-order valence-electron chi connectivity index (χ2n) is 5.03. The number of amides is 1. The summed E-state index contributed by atoms with van der Waals surface area (Å²) in [5.41, 5.74) is 0. The first-order valence-electron chi connectivity index (χ1n) is 7.17. The summed E-state index contributed by atoms with van der Waals surface area (Å²) >= 11 is 13.8. The summed E-state index contributed by atoms with van der Waals surface area (Å²) in [6.07, 6.45) is 0. The molecule has 23 heavy (non-hydrogen) atoms. The van der Waals surface area contributed by atoms with E-state index < -0.39 is 0 Å². The molecule has 0 aliphatic carbocycles.